The van der Waals surface area contributed by atoms with E-state index in [2.05, 4.69) is 29.8 Å². The van der Waals surface area contributed by atoms with Gasteiger partial charge in [-0.25, -0.2) is 0 Å². The maximum absolute atomic E-state index is 12.4. The number of carbonyl (C=O) groups excluding carboxylic acids is 1. The number of hydrogen-bond donors (Lipinski definition) is 1. The van der Waals surface area contributed by atoms with Crippen LogP contribution in [0.4, 0.5) is 0 Å². The highest BCUT2D eigenvalue weighted by Crippen LogP contribution is 2.38. The van der Waals surface area contributed by atoms with Crippen LogP contribution in [0.25, 0.3) is 6.08 Å². The number of rotatable bonds is 4. The number of nitrogens with one attached hydrogen (secondary N) is 1. The van der Waals surface area contributed by atoms with Gasteiger partial charge < -0.3 is 14.6 Å². The first kappa shape index (κ1) is 16.0. The summed E-state index contributed by atoms with van der Waals surface area (Å²) in [4.78, 5) is 12.4. The van der Waals surface area contributed by atoms with Gasteiger partial charge in [-0.2, -0.15) is 0 Å². The predicted octanol–water partition coefficient (Wildman–Crippen LogP) is 4.09. The topological polar surface area (TPSA) is 43.3 Å². The molecule has 1 fully saturated rings. The van der Waals surface area contributed by atoms with Crippen LogP contribution in [-0.2, 0) is 4.79 Å². The Balaban J connectivity index is 1.46. The Hall–Kier alpha value is -2.49. The first-order valence-electron chi connectivity index (χ1n) is 9.02. The minimum absolute atomic E-state index is 0.0148. The lowest BCUT2D eigenvalue weighted by molar-refractivity contribution is -0.117. The maximum Gasteiger partial charge on any atom is 0.244 e. The molecule has 0 spiro atoms. The fourth-order valence-electron chi connectivity index (χ4n) is 3.74. The van der Waals surface area contributed by atoms with Crippen LogP contribution in [0.1, 0.15) is 53.9 Å². The van der Waals surface area contributed by atoms with Gasteiger partial charge in [0.15, 0.2) is 0 Å². The Kier molecular flexibility index (Phi) is 4.12. The number of hydrogen-bond acceptors (Lipinski definition) is 2. The van der Waals surface area contributed by atoms with Crippen LogP contribution in [0, 0.1) is 13.8 Å². The number of amides is 1. The molecule has 2 aliphatic rings. The highest BCUT2D eigenvalue weighted by atomic mass is 16.5. The summed E-state index contributed by atoms with van der Waals surface area (Å²) in [5, 5.41) is 3.11. The molecule has 4 heteroatoms. The number of carbonyl (C=O) groups is 1. The molecule has 1 aromatic carbocycles. The molecule has 0 radical (unpaired) electrons. The Morgan fingerprint density at radius 2 is 2.04 bits per heavy atom. The molecule has 1 saturated carbocycles. The molecule has 1 aliphatic carbocycles. The van der Waals surface area contributed by atoms with Crippen molar-refractivity contribution in [2.45, 2.75) is 45.2 Å². The van der Waals surface area contributed by atoms with Crippen LogP contribution in [0.15, 0.2) is 36.4 Å². The predicted molar refractivity (Wildman–Crippen MR) is 98.6 cm³/mol. The van der Waals surface area contributed by atoms with Crippen LogP contribution in [0.2, 0.25) is 0 Å². The van der Waals surface area contributed by atoms with Crippen molar-refractivity contribution in [3.05, 3.63) is 58.9 Å². The molecular weight excluding hydrogens is 312 g/mol. The normalized spacial score (nSPS) is 19.5. The van der Waals surface area contributed by atoms with Crippen molar-refractivity contribution in [2.75, 3.05) is 6.61 Å². The van der Waals surface area contributed by atoms with Gasteiger partial charge in [-0.3, -0.25) is 4.79 Å². The monoisotopic (exact) mass is 336 g/mol. The number of fused-ring (bicyclic) bond motifs is 1. The van der Waals surface area contributed by atoms with Gasteiger partial charge in [0.05, 0.1) is 12.6 Å². The molecule has 1 aromatic heterocycles. The number of benzene rings is 1. The highest BCUT2D eigenvalue weighted by molar-refractivity contribution is 5.92. The van der Waals surface area contributed by atoms with E-state index in [0.717, 1.165) is 23.3 Å². The average Bonchev–Trinajstić information content (AvgIpc) is 3.39. The molecular formula is C21H24N2O2. The zero-order chi connectivity index (χ0) is 17.4. The zero-order valence-electron chi connectivity index (χ0n) is 14.8. The van der Waals surface area contributed by atoms with Crippen molar-refractivity contribution in [2.24, 2.45) is 0 Å². The summed E-state index contributed by atoms with van der Waals surface area (Å²) in [5.74, 6) is 0.814. The summed E-state index contributed by atoms with van der Waals surface area (Å²) in [6.45, 7) is 4.91. The van der Waals surface area contributed by atoms with Crippen LogP contribution in [0.5, 0.6) is 5.75 Å². The number of aromatic nitrogens is 1. The number of aryl methyl sites for hydroxylation is 1. The van der Waals surface area contributed by atoms with E-state index in [-0.39, 0.29) is 11.9 Å². The standard InChI is InChI=1S/C21H24N2O2/c1-14-13-16(15(2)23(14)17-8-9-17)7-10-21(24)22-19-11-12-25-20-6-4-3-5-18(19)20/h3-7,10,13,17,19H,8-9,11-12H2,1-2H3,(H,22,24)/b10-7+/t19-/m1/s1. The minimum atomic E-state index is -0.0575. The summed E-state index contributed by atoms with van der Waals surface area (Å²) in [7, 11) is 0. The lowest BCUT2D eigenvalue weighted by Crippen LogP contribution is -2.30. The second kappa shape index (κ2) is 6.43. The molecule has 2 heterocycles. The second-order valence-electron chi connectivity index (χ2n) is 7.00. The molecule has 25 heavy (non-hydrogen) atoms. The van der Waals surface area contributed by atoms with Gasteiger partial charge in [-0.15, -0.1) is 0 Å². The highest BCUT2D eigenvalue weighted by Gasteiger charge is 2.26. The van der Waals surface area contributed by atoms with Crippen molar-refractivity contribution in [1.29, 1.82) is 0 Å². The van der Waals surface area contributed by atoms with Crippen LogP contribution in [-0.4, -0.2) is 17.1 Å². The van der Waals surface area contributed by atoms with Gasteiger partial charge in [0.1, 0.15) is 5.75 Å². The van der Waals surface area contributed by atoms with Crippen LogP contribution in [0.3, 0.4) is 0 Å². The Labute approximate surface area is 148 Å². The molecule has 130 valence electrons. The SMILES string of the molecule is Cc1cc(/C=C/C(=O)N[C@@H]2CCOc3ccccc32)c(C)n1C1CC1. The van der Waals surface area contributed by atoms with E-state index in [9.17, 15) is 4.79 Å². The summed E-state index contributed by atoms with van der Waals surface area (Å²) in [5.41, 5.74) is 4.72. The van der Waals surface area contributed by atoms with Gasteiger partial charge in [0.25, 0.3) is 0 Å². The van der Waals surface area contributed by atoms with Crippen molar-refractivity contribution in [3.8, 4) is 5.75 Å². The molecule has 1 amide bonds. The molecule has 0 unspecified atom stereocenters. The molecule has 2 aromatic rings. The average molecular weight is 336 g/mol. The van der Waals surface area contributed by atoms with E-state index in [4.69, 9.17) is 4.74 Å². The van der Waals surface area contributed by atoms with Crippen molar-refractivity contribution in [1.82, 2.24) is 9.88 Å². The van der Waals surface area contributed by atoms with Gasteiger partial charge in [0, 0.05) is 35.5 Å². The number of nitrogens with zero attached hydrogens (tertiary/aromatic N) is 1. The van der Waals surface area contributed by atoms with Crippen molar-refractivity contribution in [3.63, 3.8) is 0 Å². The van der Waals surface area contributed by atoms with E-state index < -0.39 is 0 Å². The Morgan fingerprint density at radius 3 is 2.84 bits per heavy atom. The molecule has 1 atom stereocenters. The third kappa shape index (κ3) is 3.21. The minimum Gasteiger partial charge on any atom is -0.493 e. The Bertz CT molecular complexity index is 830. The zero-order valence-corrected chi connectivity index (χ0v) is 14.8. The van der Waals surface area contributed by atoms with Crippen molar-refractivity contribution >= 4 is 12.0 Å². The van der Waals surface area contributed by atoms with Crippen LogP contribution >= 0.6 is 0 Å². The third-order valence-corrected chi connectivity index (χ3v) is 5.12. The summed E-state index contributed by atoms with van der Waals surface area (Å²) >= 11 is 0. The molecule has 4 nitrogen and oxygen atoms in total. The maximum atomic E-state index is 12.4. The quantitative estimate of drug-likeness (QED) is 0.855. The molecule has 0 saturated heterocycles. The largest absolute Gasteiger partial charge is 0.493 e. The van der Waals surface area contributed by atoms with Gasteiger partial charge in [0.2, 0.25) is 5.91 Å². The van der Waals surface area contributed by atoms with Crippen LogP contribution < -0.4 is 10.1 Å². The number of ether oxygens (including phenoxy) is 1. The van der Waals surface area contributed by atoms with Gasteiger partial charge >= 0.3 is 0 Å². The van der Waals surface area contributed by atoms with E-state index in [0.29, 0.717) is 12.6 Å². The summed E-state index contributed by atoms with van der Waals surface area (Å²) in [6.07, 6.45) is 6.91. The summed E-state index contributed by atoms with van der Waals surface area (Å²) in [6, 6.07) is 10.8. The van der Waals surface area contributed by atoms with Crippen molar-refractivity contribution < 1.29 is 9.53 Å². The Morgan fingerprint density at radius 1 is 1.24 bits per heavy atom. The van der Waals surface area contributed by atoms with Gasteiger partial charge in [-0.1, -0.05) is 18.2 Å². The van der Waals surface area contributed by atoms with E-state index in [1.165, 1.54) is 24.2 Å². The molecule has 0 bridgehead atoms. The second-order valence-corrected chi connectivity index (χ2v) is 7.00. The van der Waals surface area contributed by atoms with E-state index >= 15 is 0 Å². The van der Waals surface area contributed by atoms with Gasteiger partial charge in [-0.05, 0) is 50.5 Å². The van der Waals surface area contributed by atoms with E-state index in [1.54, 1.807) is 6.08 Å². The third-order valence-electron chi connectivity index (χ3n) is 5.12. The lowest BCUT2D eigenvalue weighted by atomic mass is 10.0. The number of para-hydroxylation sites is 1. The lowest BCUT2D eigenvalue weighted by Gasteiger charge is -2.26. The fourth-order valence-corrected chi connectivity index (χ4v) is 3.74. The molecule has 1 aliphatic heterocycles. The molecule has 1 N–H and O–H groups in total. The first-order chi connectivity index (χ1) is 12.1. The molecule has 4 rings (SSSR count). The fraction of sp³-hybridized carbons (Fsp3) is 0.381. The smallest absolute Gasteiger partial charge is 0.244 e. The first-order valence-corrected chi connectivity index (χ1v) is 9.02. The summed E-state index contributed by atoms with van der Waals surface area (Å²) < 4.78 is 8.05. The van der Waals surface area contributed by atoms with E-state index in [1.807, 2.05) is 30.3 Å².